The van der Waals surface area contributed by atoms with Crippen molar-refractivity contribution in [3.05, 3.63) is 104 Å². The number of carbonyl (C=O) groups is 3. The average molecular weight is 734 g/mol. The van der Waals surface area contributed by atoms with Gasteiger partial charge >= 0.3 is 12.1 Å². The molecule has 0 spiro atoms. The molecular weight excluding hydrogens is 683 g/mol. The minimum Gasteiger partial charge on any atom is -0.444 e. The molecule has 0 bridgehead atoms. The van der Waals surface area contributed by atoms with E-state index in [2.05, 4.69) is 39.8 Å². The Hall–Kier alpha value is -4.33. The van der Waals surface area contributed by atoms with Crippen molar-refractivity contribution in [1.29, 1.82) is 0 Å². The predicted molar refractivity (Wildman–Crippen MR) is 204 cm³/mol. The summed E-state index contributed by atoms with van der Waals surface area (Å²) in [6.45, 7) is 5.30. The maximum Gasteiger partial charge on any atom is 0.407 e. The molecule has 11 nitrogen and oxygen atoms in total. The quantitative estimate of drug-likeness (QED) is 0.104. The van der Waals surface area contributed by atoms with Crippen molar-refractivity contribution in [1.82, 2.24) is 35.7 Å². The number of thiazole rings is 2. The lowest BCUT2D eigenvalue weighted by atomic mass is 9.95. The van der Waals surface area contributed by atoms with Gasteiger partial charge in [0.1, 0.15) is 12.6 Å². The summed E-state index contributed by atoms with van der Waals surface area (Å²) in [5.74, 6) is 0.0741. The molecule has 0 fully saturated rings. The summed E-state index contributed by atoms with van der Waals surface area (Å²) >= 11 is 3.02. The van der Waals surface area contributed by atoms with Crippen molar-refractivity contribution in [3.63, 3.8) is 0 Å². The Morgan fingerprint density at radius 3 is 2.00 bits per heavy atom. The third-order valence-corrected chi connectivity index (χ3v) is 10.2. The Morgan fingerprint density at radius 1 is 0.824 bits per heavy atom. The number of hydrogen-bond acceptors (Lipinski definition) is 9. The Kier molecular flexibility index (Phi) is 15.9. The molecule has 4 rings (SSSR count). The van der Waals surface area contributed by atoms with Gasteiger partial charge in [-0.1, -0.05) is 74.5 Å². The summed E-state index contributed by atoms with van der Waals surface area (Å²) in [5.41, 5.74) is 4.69. The van der Waals surface area contributed by atoms with Gasteiger partial charge in [0.25, 0.3) is 0 Å². The summed E-state index contributed by atoms with van der Waals surface area (Å²) in [7, 11) is 5.60. The van der Waals surface area contributed by atoms with Crippen LogP contribution in [-0.4, -0.2) is 83.6 Å². The van der Waals surface area contributed by atoms with Crippen LogP contribution in [0, 0.1) is 0 Å². The largest absolute Gasteiger partial charge is 0.444 e. The van der Waals surface area contributed by atoms with Crippen molar-refractivity contribution in [3.8, 4) is 0 Å². The minimum atomic E-state index is -0.748. The summed E-state index contributed by atoms with van der Waals surface area (Å²) in [4.78, 5) is 53.4. The number of amides is 4. The number of aromatic nitrogens is 2. The van der Waals surface area contributed by atoms with Crippen LogP contribution < -0.4 is 16.0 Å². The summed E-state index contributed by atoms with van der Waals surface area (Å²) < 4.78 is 5.50. The van der Waals surface area contributed by atoms with Gasteiger partial charge in [0.15, 0.2) is 0 Å². The first-order valence-electron chi connectivity index (χ1n) is 17.3. The molecule has 0 saturated heterocycles. The fourth-order valence-corrected chi connectivity index (χ4v) is 6.83. The van der Waals surface area contributed by atoms with E-state index in [4.69, 9.17) is 4.74 Å². The van der Waals surface area contributed by atoms with Crippen LogP contribution in [-0.2, 0) is 35.5 Å². The van der Waals surface area contributed by atoms with Crippen LogP contribution in [0.5, 0.6) is 0 Å². The van der Waals surface area contributed by atoms with Crippen LogP contribution in [0.15, 0.2) is 77.8 Å². The van der Waals surface area contributed by atoms with Gasteiger partial charge in [-0.2, -0.15) is 0 Å². The molecule has 4 aromatic rings. The Morgan fingerprint density at radius 2 is 1.45 bits per heavy atom. The van der Waals surface area contributed by atoms with Crippen LogP contribution in [0.1, 0.15) is 65.7 Å². The number of ether oxygens (including phenoxy) is 1. The molecule has 0 aliphatic rings. The highest BCUT2D eigenvalue weighted by Crippen LogP contribution is 2.20. The highest BCUT2D eigenvalue weighted by Gasteiger charge is 2.26. The molecule has 2 aromatic heterocycles. The number of hydrogen-bond donors (Lipinski definition) is 3. The van der Waals surface area contributed by atoms with E-state index in [0.717, 1.165) is 26.7 Å². The topological polar surface area (TPSA) is 129 Å². The molecule has 3 unspecified atom stereocenters. The fourth-order valence-electron chi connectivity index (χ4n) is 5.50. The first-order valence-corrected chi connectivity index (χ1v) is 19.1. The second-order valence-electron chi connectivity index (χ2n) is 13.3. The van der Waals surface area contributed by atoms with Crippen molar-refractivity contribution >= 4 is 40.7 Å². The number of urea groups is 1. The lowest BCUT2D eigenvalue weighted by molar-refractivity contribution is -0.124. The Bertz CT molecular complexity index is 1620. The Balaban J connectivity index is 1.45. The zero-order valence-corrected chi connectivity index (χ0v) is 31.8. The van der Waals surface area contributed by atoms with Crippen LogP contribution in [0.2, 0.25) is 0 Å². The second-order valence-corrected chi connectivity index (χ2v) is 15.2. The SMILES string of the molecule is CC(C)c1nc(CN(C)C(=O)NC(CCN(C)C)C(=O)NC(CCC(Cc2ccccc2)NC(=O)OCc2cncs2)Cc2ccccc2)cs1. The van der Waals surface area contributed by atoms with E-state index >= 15 is 0 Å². The summed E-state index contributed by atoms with van der Waals surface area (Å²) in [6, 6.07) is 18.4. The molecule has 0 aliphatic heterocycles. The van der Waals surface area contributed by atoms with Crippen molar-refractivity contribution < 1.29 is 19.1 Å². The number of carbonyl (C=O) groups excluding carboxylic acids is 3. The van der Waals surface area contributed by atoms with Gasteiger partial charge in [0.05, 0.1) is 27.6 Å². The number of nitrogens with zero attached hydrogens (tertiary/aromatic N) is 4. The molecule has 2 aromatic carbocycles. The van der Waals surface area contributed by atoms with Crippen LogP contribution in [0.3, 0.4) is 0 Å². The molecule has 4 amide bonds. The van der Waals surface area contributed by atoms with Crippen molar-refractivity contribution in [2.75, 3.05) is 27.7 Å². The molecule has 3 atom stereocenters. The lowest BCUT2D eigenvalue weighted by Gasteiger charge is -2.27. The number of alkyl carbamates (subject to hydrolysis) is 1. The summed E-state index contributed by atoms with van der Waals surface area (Å²) in [6.07, 6.45) is 4.00. The van der Waals surface area contributed by atoms with E-state index < -0.39 is 12.1 Å². The number of benzene rings is 2. The monoisotopic (exact) mass is 733 g/mol. The van der Waals surface area contributed by atoms with Crippen LogP contribution in [0.4, 0.5) is 9.59 Å². The molecule has 0 aliphatic carbocycles. The van der Waals surface area contributed by atoms with Gasteiger partial charge in [-0.05, 0) is 63.9 Å². The summed E-state index contributed by atoms with van der Waals surface area (Å²) in [5, 5.41) is 12.3. The number of rotatable bonds is 19. The highest BCUT2D eigenvalue weighted by atomic mass is 32.1. The van der Waals surface area contributed by atoms with Gasteiger partial charge in [-0.3, -0.25) is 9.78 Å². The maximum atomic E-state index is 14.0. The standard InChI is InChI=1S/C38H51N7O4S2/c1-27(2)36-41-32(25-50-36)23-45(5)37(47)43-34(18-19-44(3)4)35(46)40-30(20-28-12-8-6-9-13-28)16-17-31(21-29-14-10-7-11-15-29)42-38(48)49-24-33-22-39-26-51-33/h6-15,22,25-27,30-31,34H,16-21,23-24H2,1-5H3,(H,40,46)(H,42,48)(H,43,47). The fraction of sp³-hybridized carbons (Fsp3) is 0.447. The van der Waals surface area contributed by atoms with Crippen LogP contribution >= 0.6 is 22.7 Å². The van der Waals surface area contributed by atoms with Gasteiger partial charge in [0.2, 0.25) is 5.91 Å². The predicted octanol–water partition coefficient (Wildman–Crippen LogP) is 6.23. The van der Waals surface area contributed by atoms with E-state index in [1.54, 1.807) is 35.0 Å². The first-order chi connectivity index (χ1) is 24.5. The zero-order valence-electron chi connectivity index (χ0n) is 30.2. The van der Waals surface area contributed by atoms with E-state index in [-0.39, 0.29) is 30.6 Å². The average Bonchev–Trinajstić information content (AvgIpc) is 3.81. The van der Waals surface area contributed by atoms with Gasteiger partial charge in [-0.15, -0.1) is 22.7 Å². The molecule has 274 valence electrons. The second kappa shape index (κ2) is 20.5. The maximum absolute atomic E-state index is 14.0. The third kappa shape index (κ3) is 14.1. The highest BCUT2D eigenvalue weighted by molar-refractivity contribution is 7.09. The van der Waals surface area contributed by atoms with E-state index in [1.165, 1.54) is 11.3 Å². The zero-order chi connectivity index (χ0) is 36.6. The van der Waals surface area contributed by atoms with E-state index in [0.29, 0.717) is 51.1 Å². The molecule has 3 N–H and O–H groups in total. The molecule has 0 radical (unpaired) electrons. The Labute approximate surface area is 309 Å². The van der Waals surface area contributed by atoms with Gasteiger partial charge in [-0.25, -0.2) is 14.6 Å². The molecule has 2 heterocycles. The van der Waals surface area contributed by atoms with Crippen LogP contribution in [0.25, 0.3) is 0 Å². The molecule has 51 heavy (non-hydrogen) atoms. The van der Waals surface area contributed by atoms with Gasteiger partial charge < -0.3 is 30.5 Å². The van der Waals surface area contributed by atoms with E-state index in [1.807, 2.05) is 85.0 Å². The van der Waals surface area contributed by atoms with Crippen molar-refractivity contribution in [2.24, 2.45) is 0 Å². The molecule has 13 heteroatoms. The first kappa shape index (κ1) is 39.5. The minimum absolute atomic E-state index is 0.152. The van der Waals surface area contributed by atoms with Crippen molar-refractivity contribution in [2.45, 2.75) is 83.1 Å². The normalized spacial score (nSPS) is 13.0. The van der Waals surface area contributed by atoms with E-state index in [9.17, 15) is 14.4 Å². The molecule has 0 saturated carbocycles. The smallest absolute Gasteiger partial charge is 0.407 e. The van der Waals surface area contributed by atoms with Gasteiger partial charge in [0, 0.05) is 36.6 Å². The molecular formula is C38H51N7O4S2. The number of nitrogens with one attached hydrogen (secondary N) is 3. The third-order valence-electron chi connectivity index (χ3n) is 8.30. The lowest BCUT2D eigenvalue weighted by Crippen LogP contribution is -2.53.